The van der Waals surface area contributed by atoms with Crippen molar-refractivity contribution < 1.29 is 15.0 Å². The predicted octanol–water partition coefficient (Wildman–Crippen LogP) is 3.23. The second kappa shape index (κ2) is 5.75. The zero-order chi connectivity index (χ0) is 17.6. The molecule has 0 bridgehead atoms. The number of carboxylic acid groups (broad SMARTS) is 1. The monoisotopic (exact) mass is 352 g/mol. The first-order chi connectivity index (χ1) is 12.0. The molecule has 2 heterocycles. The lowest BCUT2D eigenvalue weighted by Gasteiger charge is -2.32. The molecule has 0 amide bonds. The van der Waals surface area contributed by atoms with E-state index < -0.39 is 16.9 Å². The average molecular weight is 352 g/mol. The molecule has 6 heteroatoms. The highest BCUT2D eigenvalue weighted by molar-refractivity contribution is 8.00. The van der Waals surface area contributed by atoms with Crippen LogP contribution in [0, 0.1) is 0 Å². The third-order valence-electron chi connectivity index (χ3n) is 4.50. The van der Waals surface area contributed by atoms with Gasteiger partial charge in [-0.25, -0.2) is 9.78 Å². The number of rotatable bonds is 4. The summed E-state index contributed by atoms with van der Waals surface area (Å²) in [4.78, 5) is 15.9. The number of nitrogens with zero attached hydrogens (tertiary/aromatic N) is 2. The van der Waals surface area contributed by atoms with Crippen molar-refractivity contribution in [1.29, 1.82) is 0 Å². The second-order valence-electron chi connectivity index (χ2n) is 6.03. The predicted molar refractivity (Wildman–Crippen MR) is 96.5 cm³/mol. The Bertz CT molecular complexity index is 983. The molecule has 4 rings (SSSR count). The fraction of sp³-hybridized carbons (Fsp3) is 0.158. The fourth-order valence-corrected chi connectivity index (χ4v) is 4.70. The van der Waals surface area contributed by atoms with Gasteiger partial charge < -0.3 is 10.2 Å². The molecule has 2 N–H and O–H groups in total. The van der Waals surface area contributed by atoms with Gasteiger partial charge in [0.25, 0.3) is 0 Å². The second-order valence-corrected chi connectivity index (χ2v) is 7.20. The zero-order valence-corrected chi connectivity index (χ0v) is 14.1. The van der Waals surface area contributed by atoms with E-state index in [0.717, 1.165) is 11.0 Å². The van der Waals surface area contributed by atoms with E-state index in [9.17, 15) is 15.0 Å². The van der Waals surface area contributed by atoms with Gasteiger partial charge in [-0.2, -0.15) is 0 Å². The Morgan fingerprint density at radius 2 is 1.88 bits per heavy atom. The number of fused-ring (bicyclic) bond motifs is 3. The molecule has 1 aliphatic rings. The van der Waals surface area contributed by atoms with Crippen LogP contribution in [0.5, 0.6) is 0 Å². The number of carboxylic acids is 1. The van der Waals surface area contributed by atoms with E-state index in [2.05, 4.69) is 11.6 Å². The van der Waals surface area contributed by atoms with Gasteiger partial charge in [0.2, 0.25) is 0 Å². The number of aliphatic carboxylic acids is 1. The third-order valence-corrected chi connectivity index (χ3v) is 5.76. The minimum atomic E-state index is -1.39. The number of aromatic nitrogens is 2. The first kappa shape index (κ1) is 15.9. The van der Waals surface area contributed by atoms with Crippen LogP contribution in [0.2, 0.25) is 0 Å². The van der Waals surface area contributed by atoms with E-state index in [-0.39, 0.29) is 12.0 Å². The van der Waals surface area contributed by atoms with Crippen LogP contribution in [0.25, 0.3) is 11.0 Å². The largest absolute Gasteiger partial charge is 0.478 e. The molecule has 1 aromatic heterocycles. The molecule has 0 saturated carbocycles. The Kier molecular flexibility index (Phi) is 3.67. The SMILES string of the molecule is C=C(CC1Sc2nc3ccccc3n2C1(O)c1ccccc1)C(=O)O. The highest BCUT2D eigenvalue weighted by atomic mass is 32.2. The van der Waals surface area contributed by atoms with Gasteiger partial charge in [0.1, 0.15) is 0 Å². The summed E-state index contributed by atoms with van der Waals surface area (Å²) in [5, 5.41) is 21.2. The summed E-state index contributed by atoms with van der Waals surface area (Å²) < 4.78 is 1.81. The molecule has 5 nitrogen and oxygen atoms in total. The maximum Gasteiger partial charge on any atom is 0.330 e. The number of hydrogen-bond donors (Lipinski definition) is 2. The molecule has 2 unspecified atom stereocenters. The van der Waals surface area contributed by atoms with Crippen molar-refractivity contribution >= 4 is 28.8 Å². The smallest absolute Gasteiger partial charge is 0.330 e. The zero-order valence-electron chi connectivity index (χ0n) is 13.3. The number of carbonyl (C=O) groups is 1. The van der Waals surface area contributed by atoms with Gasteiger partial charge in [0.05, 0.1) is 16.3 Å². The molecule has 0 fully saturated rings. The van der Waals surface area contributed by atoms with Gasteiger partial charge in [-0.1, -0.05) is 60.8 Å². The standard InChI is InChI=1S/C19H16N2O3S/c1-12(17(22)23)11-16-19(24,13-7-3-2-4-8-13)21-15-10-6-5-9-14(15)20-18(21)25-16/h2-10,16,24H,1,11H2,(H,22,23). The van der Waals surface area contributed by atoms with E-state index in [4.69, 9.17) is 0 Å². The Balaban J connectivity index is 1.91. The minimum Gasteiger partial charge on any atom is -0.478 e. The average Bonchev–Trinajstić information content (AvgIpc) is 3.11. The van der Waals surface area contributed by atoms with Crippen LogP contribution < -0.4 is 0 Å². The molecule has 126 valence electrons. The maximum atomic E-state index is 11.8. The normalized spacial score (nSPS) is 22.0. The van der Waals surface area contributed by atoms with Crippen molar-refractivity contribution in [3.8, 4) is 0 Å². The molecule has 2 aromatic carbocycles. The molecule has 0 aliphatic carbocycles. The lowest BCUT2D eigenvalue weighted by Crippen LogP contribution is -2.41. The van der Waals surface area contributed by atoms with Gasteiger partial charge in [-0.05, 0) is 18.6 Å². The lowest BCUT2D eigenvalue weighted by molar-refractivity contribution is -0.132. The van der Waals surface area contributed by atoms with E-state index in [1.165, 1.54) is 11.8 Å². The summed E-state index contributed by atoms with van der Waals surface area (Å²) in [6.45, 7) is 3.63. The maximum absolute atomic E-state index is 11.8. The number of para-hydroxylation sites is 2. The van der Waals surface area contributed by atoms with E-state index in [0.29, 0.717) is 10.7 Å². The summed E-state index contributed by atoms with van der Waals surface area (Å²) in [6, 6.07) is 16.9. The van der Waals surface area contributed by atoms with Crippen molar-refractivity contribution in [1.82, 2.24) is 9.55 Å². The van der Waals surface area contributed by atoms with Gasteiger partial charge in [0.15, 0.2) is 10.9 Å². The van der Waals surface area contributed by atoms with Crippen LogP contribution >= 0.6 is 11.8 Å². The summed E-state index contributed by atoms with van der Waals surface area (Å²) >= 11 is 1.39. The number of imidazole rings is 1. The van der Waals surface area contributed by atoms with Crippen LogP contribution in [0.3, 0.4) is 0 Å². The Morgan fingerprint density at radius 3 is 2.60 bits per heavy atom. The summed E-state index contributed by atoms with van der Waals surface area (Å²) in [6.07, 6.45) is 0.156. The molecule has 25 heavy (non-hydrogen) atoms. The third kappa shape index (κ3) is 2.37. The number of aliphatic hydroxyl groups is 1. The molecular weight excluding hydrogens is 336 g/mol. The van der Waals surface area contributed by atoms with Crippen molar-refractivity contribution in [2.45, 2.75) is 22.6 Å². The molecule has 0 saturated heterocycles. The van der Waals surface area contributed by atoms with Crippen LogP contribution in [0.4, 0.5) is 0 Å². The molecule has 3 aromatic rings. The first-order valence-corrected chi connectivity index (χ1v) is 8.73. The van der Waals surface area contributed by atoms with Crippen molar-refractivity contribution in [3.63, 3.8) is 0 Å². The van der Waals surface area contributed by atoms with Crippen LogP contribution in [0.1, 0.15) is 12.0 Å². The Morgan fingerprint density at radius 1 is 1.20 bits per heavy atom. The summed E-state index contributed by atoms with van der Waals surface area (Å²) in [7, 11) is 0. The van der Waals surface area contributed by atoms with Gasteiger partial charge in [-0.15, -0.1) is 0 Å². The van der Waals surface area contributed by atoms with Gasteiger partial charge in [0, 0.05) is 11.1 Å². The van der Waals surface area contributed by atoms with Crippen LogP contribution in [-0.4, -0.2) is 31.0 Å². The molecular formula is C19H16N2O3S. The van der Waals surface area contributed by atoms with Crippen molar-refractivity contribution in [3.05, 3.63) is 72.3 Å². The van der Waals surface area contributed by atoms with Gasteiger partial charge >= 0.3 is 5.97 Å². The number of hydrogen-bond acceptors (Lipinski definition) is 4. The van der Waals surface area contributed by atoms with Crippen LogP contribution in [-0.2, 0) is 10.5 Å². The van der Waals surface area contributed by atoms with Crippen molar-refractivity contribution in [2.75, 3.05) is 0 Å². The minimum absolute atomic E-state index is 0.0712. The van der Waals surface area contributed by atoms with Crippen molar-refractivity contribution in [2.24, 2.45) is 0 Å². The Labute approximate surface area is 148 Å². The topological polar surface area (TPSA) is 75.3 Å². The number of thioether (sulfide) groups is 1. The number of benzene rings is 2. The Hall–Kier alpha value is -2.57. The first-order valence-electron chi connectivity index (χ1n) is 7.85. The van der Waals surface area contributed by atoms with Gasteiger partial charge in [-0.3, -0.25) is 4.57 Å². The highest BCUT2D eigenvalue weighted by Crippen LogP contribution is 2.50. The molecule has 1 aliphatic heterocycles. The van der Waals surface area contributed by atoms with E-state index >= 15 is 0 Å². The summed E-state index contributed by atoms with van der Waals surface area (Å²) in [5.41, 5.74) is 1.000. The molecule has 2 atom stereocenters. The van der Waals surface area contributed by atoms with E-state index in [1.54, 1.807) is 0 Å². The molecule has 0 spiro atoms. The van der Waals surface area contributed by atoms with Crippen LogP contribution in [0.15, 0.2) is 71.9 Å². The fourth-order valence-electron chi connectivity index (χ4n) is 3.26. The summed E-state index contributed by atoms with van der Waals surface area (Å²) in [5.74, 6) is -1.05. The lowest BCUT2D eigenvalue weighted by atomic mass is 9.94. The molecule has 0 radical (unpaired) electrons. The highest BCUT2D eigenvalue weighted by Gasteiger charge is 2.49. The quantitative estimate of drug-likeness (QED) is 0.705. The van der Waals surface area contributed by atoms with E-state index in [1.807, 2.05) is 59.2 Å².